The van der Waals surface area contributed by atoms with Crippen molar-refractivity contribution in [3.8, 4) is 11.5 Å². The highest BCUT2D eigenvalue weighted by Gasteiger charge is 2.01. The summed E-state index contributed by atoms with van der Waals surface area (Å²) in [6.45, 7) is 4.59. The number of hydrogen-bond acceptors (Lipinski definition) is 3. The zero-order valence-electron chi connectivity index (χ0n) is 15.1. The number of ether oxygens (including phenoxy) is 3. The lowest BCUT2D eigenvalue weighted by Gasteiger charge is -2.09. The quantitative estimate of drug-likeness (QED) is 0.474. The first-order valence-corrected chi connectivity index (χ1v) is 9.12. The van der Waals surface area contributed by atoms with Crippen molar-refractivity contribution in [1.29, 1.82) is 0 Å². The number of benzene rings is 2. The van der Waals surface area contributed by atoms with Crippen molar-refractivity contribution >= 4 is 10.8 Å². The van der Waals surface area contributed by atoms with Gasteiger partial charge >= 0.3 is 0 Å². The molecule has 24 heavy (non-hydrogen) atoms. The van der Waals surface area contributed by atoms with E-state index in [-0.39, 0.29) is 0 Å². The summed E-state index contributed by atoms with van der Waals surface area (Å²) in [5.74, 6) is 1.89. The first-order valence-electron chi connectivity index (χ1n) is 9.12. The van der Waals surface area contributed by atoms with Gasteiger partial charge in [-0.15, -0.1) is 0 Å². The maximum absolute atomic E-state index is 5.87. The van der Waals surface area contributed by atoms with Gasteiger partial charge in [-0.25, -0.2) is 0 Å². The highest BCUT2D eigenvalue weighted by atomic mass is 16.5. The van der Waals surface area contributed by atoms with E-state index < -0.39 is 0 Å². The molecule has 0 spiro atoms. The highest BCUT2D eigenvalue weighted by Crippen LogP contribution is 2.25. The maximum Gasteiger partial charge on any atom is 0.119 e. The van der Waals surface area contributed by atoms with Gasteiger partial charge in [0.2, 0.25) is 0 Å². The summed E-state index contributed by atoms with van der Waals surface area (Å²) in [5, 5.41) is 2.38. The van der Waals surface area contributed by atoms with Crippen molar-refractivity contribution < 1.29 is 14.2 Å². The smallest absolute Gasteiger partial charge is 0.119 e. The van der Waals surface area contributed by atoms with E-state index in [0.29, 0.717) is 0 Å². The van der Waals surface area contributed by atoms with E-state index in [2.05, 4.69) is 31.2 Å². The standard InChI is InChI=1S/C21H30O3/c1-3-4-14-23-20-11-9-19-17-21(12-10-18(19)16-20)24-15-8-6-5-7-13-22-2/h9-12,16-17H,3-8,13-15H2,1-2H3. The van der Waals surface area contributed by atoms with Crippen molar-refractivity contribution in [3.05, 3.63) is 36.4 Å². The molecule has 2 aromatic carbocycles. The average molecular weight is 330 g/mol. The summed E-state index contributed by atoms with van der Waals surface area (Å²) in [6.07, 6.45) is 6.86. The van der Waals surface area contributed by atoms with Crippen LogP contribution in [0, 0.1) is 0 Å². The predicted molar refractivity (Wildman–Crippen MR) is 100 cm³/mol. The Bertz CT molecular complexity index is 595. The van der Waals surface area contributed by atoms with Crippen molar-refractivity contribution in [1.82, 2.24) is 0 Å². The van der Waals surface area contributed by atoms with E-state index in [1.807, 2.05) is 12.1 Å². The molecule has 0 saturated carbocycles. The van der Waals surface area contributed by atoms with Crippen LogP contribution in [0.4, 0.5) is 0 Å². The van der Waals surface area contributed by atoms with Crippen molar-refractivity contribution in [3.63, 3.8) is 0 Å². The van der Waals surface area contributed by atoms with Crippen LogP contribution in [0.1, 0.15) is 45.4 Å². The lowest BCUT2D eigenvalue weighted by atomic mass is 10.1. The second-order valence-electron chi connectivity index (χ2n) is 6.13. The molecular formula is C21H30O3. The van der Waals surface area contributed by atoms with Gasteiger partial charge in [-0.3, -0.25) is 0 Å². The van der Waals surface area contributed by atoms with Crippen LogP contribution in [0.25, 0.3) is 10.8 Å². The van der Waals surface area contributed by atoms with Crippen LogP contribution in [0.5, 0.6) is 11.5 Å². The van der Waals surface area contributed by atoms with Crippen LogP contribution in [-0.2, 0) is 4.74 Å². The van der Waals surface area contributed by atoms with Gasteiger partial charge in [-0.2, -0.15) is 0 Å². The number of fused-ring (bicyclic) bond motifs is 1. The maximum atomic E-state index is 5.87. The van der Waals surface area contributed by atoms with Crippen LogP contribution in [0.15, 0.2) is 36.4 Å². The zero-order chi connectivity index (χ0) is 17.0. The van der Waals surface area contributed by atoms with Crippen LogP contribution < -0.4 is 9.47 Å². The van der Waals surface area contributed by atoms with Crippen molar-refractivity contribution in [2.75, 3.05) is 26.9 Å². The number of hydrogen-bond donors (Lipinski definition) is 0. The molecule has 0 radical (unpaired) electrons. The second-order valence-corrected chi connectivity index (χ2v) is 6.13. The van der Waals surface area contributed by atoms with Crippen molar-refractivity contribution in [2.24, 2.45) is 0 Å². The topological polar surface area (TPSA) is 27.7 Å². The molecule has 0 atom stereocenters. The van der Waals surface area contributed by atoms with Gasteiger partial charge in [-0.1, -0.05) is 31.9 Å². The largest absolute Gasteiger partial charge is 0.494 e. The molecule has 0 aromatic heterocycles. The SMILES string of the molecule is CCCCOc1ccc2cc(OCCCCCCOC)ccc2c1. The molecule has 0 heterocycles. The van der Waals surface area contributed by atoms with E-state index in [9.17, 15) is 0 Å². The molecule has 132 valence electrons. The predicted octanol–water partition coefficient (Wildman–Crippen LogP) is 5.60. The van der Waals surface area contributed by atoms with Gasteiger partial charge in [0, 0.05) is 13.7 Å². The summed E-state index contributed by atoms with van der Waals surface area (Å²) in [4.78, 5) is 0. The van der Waals surface area contributed by atoms with Crippen LogP contribution in [0.3, 0.4) is 0 Å². The van der Waals surface area contributed by atoms with Gasteiger partial charge in [0.1, 0.15) is 11.5 Å². The van der Waals surface area contributed by atoms with Crippen molar-refractivity contribution in [2.45, 2.75) is 45.4 Å². The van der Waals surface area contributed by atoms with Gasteiger partial charge in [0.05, 0.1) is 13.2 Å². The molecule has 2 rings (SSSR count). The Morgan fingerprint density at radius 1 is 0.667 bits per heavy atom. The Kier molecular flexibility index (Phi) is 8.47. The van der Waals surface area contributed by atoms with E-state index in [1.54, 1.807) is 7.11 Å². The molecule has 0 bridgehead atoms. The third-order valence-corrected chi connectivity index (χ3v) is 4.06. The number of rotatable bonds is 12. The summed E-state index contributed by atoms with van der Waals surface area (Å²) in [7, 11) is 1.75. The molecule has 0 amide bonds. The molecule has 0 aliphatic heterocycles. The molecule has 0 aliphatic rings. The fourth-order valence-electron chi connectivity index (χ4n) is 2.61. The monoisotopic (exact) mass is 330 g/mol. The molecule has 0 N–H and O–H groups in total. The fourth-order valence-corrected chi connectivity index (χ4v) is 2.61. The van der Waals surface area contributed by atoms with Crippen LogP contribution in [-0.4, -0.2) is 26.9 Å². The molecule has 2 aromatic rings. The minimum atomic E-state index is 0.775. The normalized spacial score (nSPS) is 10.9. The Morgan fingerprint density at radius 3 is 1.75 bits per heavy atom. The molecule has 0 unspecified atom stereocenters. The third-order valence-electron chi connectivity index (χ3n) is 4.06. The average Bonchev–Trinajstić information content (AvgIpc) is 2.61. The van der Waals surface area contributed by atoms with E-state index >= 15 is 0 Å². The second kappa shape index (κ2) is 10.9. The molecule has 0 aliphatic carbocycles. The molecule has 3 heteroatoms. The summed E-state index contributed by atoms with van der Waals surface area (Å²) < 4.78 is 16.7. The van der Waals surface area contributed by atoms with E-state index in [4.69, 9.17) is 14.2 Å². The van der Waals surface area contributed by atoms with Gasteiger partial charge in [0.25, 0.3) is 0 Å². The Labute approximate surface area is 145 Å². The molecule has 0 saturated heterocycles. The number of methoxy groups -OCH3 is 1. The zero-order valence-corrected chi connectivity index (χ0v) is 15.1. The van der Waals surface area contributed by atoms with Gasteiger partial charge in [-0.05, 0) is 60.7 Å². The Hall–Kier alpha value is -1.74. The first-order chi connectivity index (χ1) is 11.8. The molecule has 0 fully saturated rings. The molecular weight excluding hydrogens is 300 g/mol. The highest BCUT2D eigenvalue weighted by molar-refractivity contribution is 5.85. The van der Waals surface area contributed by atoms with E-state index in [1.165, 1.54) is 23.6 Å². The summed E-state index contributed by atoms with van der Waals surface area (Å²) >= 11 is 0. The third kappa shape index (κ3) is 6.40. The lowest BCUT2D eigenvalue weighted by molar-refractivity contribution is 0.191. The Morgan fingerprint density at radius 2 is 1.21 bits per heavy atom. The minimum absolute atomic E-state index is 0.775. The Balaban J connectivity index is 1.79. The van der Waals surface area contributed by atoms with Gasteiger partial charge < -0.3 is 14.2 Å². The number of unbranched alkanes of at least 4 members (excludes halogenated alkanes) is 4. The van der Waals surface area contributed by atoms with E-state index in [0.717, 1.165) is 57.0 Å². The first kappa shape index (κ1) is 18.6. The molecule has 3 nitrogen and oxygen atoms in total. The van der Waals surface area contributed by atoms with Crippen LogP contribution >= 0.6 is 0 Å². The minimum Gasteiger partial charge on any atom is -0.494 e. The summed E-state index contributed by atoms with van der Waals surface area (Å²) in [5.41, 5.74) is 0. The fraction of sp³-hybridized carbons (Fsp3) is 0.524. The summed E-state index contributed by atoms with van der Waals surface area (Å²) in [6, 6.07) is 12.5. The van der Waals surface area contributed by atoms with Gasteiger partial charge in [0.15, 0.2) is 0 Å². The lowest BCUT2D eigenvalue weighted by Crippen LogP contribution is -1.98. The van der Waals surface area contributed by atoms with Crippen LogP contribution in [0.2, 0.25) is 0 Å².